The van der Waals surface area contributed by atoms with Crippen molar-refractivity contribution in [1.29, 1.82) is 0 Å². The molecular weight excluding hydrogens is 482 g/mol. The zero-order chi connectivity index (χ0) is 24.1. The van der Waals surface area contributed by atoms with Gasteiger partial charge in [-0.2, -0.15) is 9.97 Å². The van der Waals surface area contributed by atoms with E-state index < -0.39 is 16.4 Å². The molecule has 0 fully saturated rings. The molecule has 0 unspecified atom stereocenters. The molecular formula is C20H17Cl2FN4O6. The van der Waals surface area contributed by atoms with E-state index in [2.05, 4.69) is 15.3 Å². The Morgan fingerprint density at radius 2 is 1.79 bits per heavy atom. The van der Waals surface area contributed by atoms with Crippen LogP contribution >= 0.6 is 23.2 Å². The van der Waals surface area contributed by atoms with Gasteiger partial charge in [0.15, 0.2) is 11.5 Å². The Bertz CT molecular complexity index is 1200. The fourth-order valence-corrected chi connectivity index (χ4v) is 3.22. The molecule has 0 aliphatic carbocycles. The van der Waals surface area contributed by atoms with Gasteiger partial charge in [0.05, 0.1) is 42.5 Å². The van der Waals surface area contributed by atoms with Crippen LogP contribution in [0.25, 0.3) is 0 Å². The Labute approximate surface area is 197 Å². The molecule has 10 nitrogen and oxygen atoms in total. The number of ether oxygens (including phenoxy) is 4. The van der Waals surface area contributed by atoms with Gasteiger partial charge in [-0.05, 0) is 23.7 Å². The van der Waals surface area contributed by atoms with Crippen molar-refractivity contribution in [2.24, 2.45) is 0 Å². The van der Waals surface area contributed by atoms with Crippen LogP contribution in [0, 0.1) is 15.9 Å². The van der Waals surface area contributed by atoms with Gasteiger partial charge < -0.3 is 24.3 Å². The highest BCUT2D eigenvalue weighted by Gasteiger charge is 2.27. The molecule has 13 heteroatoms. The van der Waals surface area contributed by atoms with E-state index in [1.54, 1.807) is 6.07 Å². The van der Waals surface area contributed by atoms with E-state index in [0.717, 1.165) is 0 Å². The fraction of sp³-hybridized carbons (Fsp3) is 0.200. The lowest BCUT2D eigenvalue weighted by Gasteiger charge is -2.16. The minimum Gasteiger partial charge on any atom is -0.496 e. The molecule has 33 heavy (non-hydrogen) atoms. The normalized spacial score (nSPS) is 10.5. The highest BCUT2D eigenvalue weighted by molar-refractivity contribution is 6.33. The lowest BCUT2D eigenvalue weighted by Crippen LogP contribution is -2.06. The maximum absolute atomic E-state index is 14.3. The number of benzene rings is 2. The van der Waals surface area contributed by atoms with E-state index >= 15 is 0 Å². The topological polar surface area (TPSA) is 118 Å². The fourth-order valence-electron chi connectivity index (χ4n) is 2.85. The first-order valence-electron chi connectivity index (χ1n) is 9.13. The molecule has 2 aromatic carbocycles. The van der Waals surface area contributed by atoms with E-state index in [-0.39, 0.29) is 51.4 Å². The van der Waals surface area contributed by atoms with Crippen LogP contribution in [-0.4, -0.2) is 36.2 Å². The number of nitrogens with one attached hydrogen (secondary N) is 1. The Kier molecular flexibility index (Phi) is 7.56. The highest BCUT2D eigenvalue weighted by atomic mass is 35.5. The quantitative estimate of drug-likeness (QED) is 0.241. The van der Waals surface area contributed by atoms with Gasteiger partial charge in [-0.25, -0.2) is 4.39 Å². The second-order valence-electron chi connectivity index (χ2n) is 6.27. The minimum atomic E-state index is -0.725. The monoisotopic (exact) mass is 498 g/mol. The maximum atomic E-state index is 14.3. The van der Waals surface area contributed by atoms with E-state index in [9.17, 15) is 14.5 Å². The number of hydrogen-bond acceptors (Lipinski definition) is 9. The molecule has 0 aliphatic heterocycles. The molecule has 1 heterocycles. The van der Waals surface area contributed by atoms with Gasteiger partial charge in [0.25, 0.3) is 0 Å². The molecule has 0 bridgehead atoms. The van der Waals surface area contributed by atoms with Crippen molar-refractivity contribution in [2.45, 2.75) is 6.61 Å². The number of nitrogens with zero attached hydrogens (tertiary/aromatic N) is 3. The first-order chi connectivity index (χ1) is 15.8. The van der Waals surface area contributed by atoms with Crippen LogP contribution in [0.4, 0.5) is 21.6 Å². The smallest absolute Gasteiger partial charge is 0.373 e. The zero-order valence-corrected chi connectivity index (χ0v) is 19.0. The summed E-state index contributed by atoms with van der Waals surface area (Å²) in [5.74, 6) is -0.391. The molecule has 0 atom stereocenters. The third-order valence-electron chi connectivity index (χ3n) is 4.37. The van der Waals surface area contributed by atoms with Crippen LogP contribution in [0.3, 0.4) is 0 Å². The van der Waals surface area contributed by atoms with Gasteiger partial charge in [0.1, 0.15) is 18.2 Å². The van der Waals surface area contributed by atoms with Crippen LogP contribution in [-0.2, 0) is 6.61 Å². The number of nitro groups is 1. The van der Waals surface area contributed by atoms with Crippen molar-refractivity contribution in [2.75, 3.05) is 26.6 Å². The molecule has 3 aromatic rings. The van der Waals surface area contributed by atoms with Crippen molar-refractivity contribution in [3.8, 4) is 23.1 Å². The molecule has 174 valence electrons. The van der Waals surface area contributed by atoms with Gasteiger partial charge in [-0.15, -0.1) is 0 Å². The number of rotatable bonds is 9. The summed E-state index contributed by atoms with van der Waals surface area (Å²) in [6, 6.07) is 7.22. The minimum absolute atomic E-state index is 0.130. The first kappa shape index (κ1) is 24.1. The van der Waals surface area contributed by atoms with Gasteiger partial charge >= 0.3 is 11.6 Å². The van der Waals surface area contributed by atoms with Crippen LogP contribution in [0.5, 0.6) is 23.1 Å². The average molecular weight is 499 g/mol. The Hall–Kier alpha value is -3.57. The van der Waals surface area contributed by atoms with Crippen LogP contribution in [0.15, 0.2) is 30.3 Å². The van der Waals surface area contributed by atoms with Crippen LogP contribution in [0.2, 0.25) is 10.3 Å². The van der Waals surface area contributed by atoms with Gasteiger partial charge in [-0.3, -0.25) is 10.1 Å². The van der Waals surface area contributed by atoms with E-state index in [1.807, 2.05) is 0 Å². The predicted molar refractivity (Wildman–Crippen MR) is 119 cm³/mol. The summed E-state index contributed by atoms with van der Waals surface area (Å²) in [7, 11) is 4.02. The third-order valence-corrected chi connectivity index (χ3v) is 4.86. The van der Waals surface area contributed by atoms with Crippen molar-refractivity contribution in [3.63, 3.8) is 0 Å². The zero-order valence-electron chi connectivity index (χ0n) is 17.5. The van der Waals surface area contributed by atoms with Gasteiger partial charge in [0.2, 0.25) is 11.1 Å². The van der Waals surface area contributed by atoms with Crippen molar-refractivity contribution < 1.29 is 28.3 Å². The van der Waals surface area contributed by atoms with Crippen molar-refractivity contribution in [1.82, 2.24) is 9.97 Å². The second-order valence-corrected chi connectivity index (χ2v) is 7.02. The van der Waals surface area contributed by atoms with Crippen molar-refractivity contribution >= 4 is 40.4 Å². The van der Waals surface area contributed by atoms with Gasteiger partial charge in [-0.1, -0.05) is 17.7 Å². The number of methoxy groups -OCH3 is 3. The predicted octanol–water partition coefficient (Wildman–Crippen LogP) is 5.18. The van der Waals surface area contributed by atoms with Crippen LogP contribution < -0.4 is 24.3 Å². The second kappa shape index (κ2) is 10.4. The van der Waals surface area contributed by atoms with E-state index in [1.165, 1.54) is 45.6 Å². The number of anilines is 2. The molecule has 1 aromatic heterocycles. The molecule has 1 N–H and O–H groups in total. The summed E-state index contributed by atoms with van der Waals surface area (Å²) in [6.07, 6.45) is 0. The summed E-state index contributed by atoms with van der Waals surface area (Å²) in [4.78, 5) is 18.4. The first-order valence-corrected chi connectivity index (χ1v) is 9.89. The van der Waals surface area contributed by atoms with E-state index in [0.29, 0.717) is 5.75 Å². The largest absolute Gasteiger partial charge is 0.496 e. The number of hydrogen-bond donors (Lipinski definition) is 1. The third kappa shape index (κ3) is 5.26. The van der Waals surface area contributed by atoms with Crippen LogP contribution in [0.1, 0.15) is 5.56 Å². The summed E-state index contributed by atoms with van der Waals surface area (Å²) in [5, 5.41) is 14.1. The Morgan fingerprint density at radius 1 is 1.06 bits per heavy atom. The average Bonchev–Trinajstić information content (AvgIpc) is 2.78. The summed E-state index contributed by atoms with van der Waals surface area (Å²) >= 11 is 12.2. The SMILES string of the molecule is COc1cc(Cl)c(Nc2nc(Cl)nc(OC)c2[N+](=O)[O-])cc1OCc1c(F)cccc1OC. The summed E-state index contributed by atoms with van der Waals surface area (Å²) < 4.78 is 35.4. The molecule has 3 rings (SSSR count). The summed E-state index contributed by atoms with van der Waals surface area (Å²) in [5.41, 5.74) is -0.185. The number of halogens is 3. The highest BCUT2D eigenvalue weighted by Crippen LogP contribution is 2.41. The molecule has 0 radical (unpaired) electrons. The number of aromatic nitrogens is 2. The molecule has 0 saturated heterocycles. The van der Waals surface area contributed by atoms with E-state index in [4.69, 9.17) is 42.1 Å². The maximum Gasteiger partial charge on any atom is 0.373 e. The van der Waals surface area contributed by atoms with Crippen molar-refractivity contribution in [3.05, 3.63) is 62.1 Å². The lowest BCUT2D eigenvalue weighted by atomic mass is 10.2. The molecule has 0 aliphatic rings. The molecule has 0 spiro atoms. The standard InChI is InChI=1S/C20H17Cl2FN4O6/c1-30-14-6-4-5-12(23)10(14)9-33-16-8-13(11(21)7-15(16)31-2)24-18-17(27(28)29)19(32-3)26-20(22)25-18/h4-8H,9H2,1-3H3,(H,24,25,26). The molecule has 0 saturated carbocycles. The summed E-state index contributed by atoms with van der Waals surface area (Å²) in [6.45, 7) is -0.194. The molecule has 0 amide bonds. The lowest BCUT2D eigenvalue weighted by molar-refractivity contribution is -0.385. The Balaban J connectivity index is 1.99. The van der Waals surface area contributed by atoms with Gasteiger partial charge in [0, 0.05) is 12.1 Å². The Morgan fingerprint density at radius 3 is 2.42 bits per heavy atom.